The first-order valence-electron chi connectivity index (χ1n) is 7.83. The Morgan fingerprint density at radius 3 is 2.13 bits per heavy atom. The van der Waals surface area contributed by atoms with Crippen LogP contribution in [0.25, 0.3) is 0 Å². The molecule has 6 nitrogen and oxygen atoms in total. The van der Waals surface area contributed by atoms with E-state index in [1.807, 2.05) is 13.8 Å². The van der Waals surface area contributed by atoms with E-state index in [0.717, 1.165) is 12.8 Å². The number of rotatable bonds is 8. The smallest absolute Gasteiger partial charge is 0.251 e. The van der Waals surface area contributed by atoms with Gasteiger partial charge >= 0.3 is 0 Å². The lowest BCUT2D eigenvalue weighted by Crippen LogP contribution is -2.49. The Labute approximate surface area is 138 Å². The molecule has 130 valence electrons. The first-order chi connectivity index (χ1) is 10.6. The van der Waals surface area contributed by atoms with Crippen molar-refractivity contribution >= 4 is 15.9 Å². The summed E-state index contributed by atoms with van der Waals surface area (Å²) in [5.74, 6) is -0.262. The van der Waals surface area contributed by atoms with E-state index >= 15 is 0 Å². The number of sulfonamides is 1. The second-order valence-electron chi connectivity index (χ2n) is 6.05. The summed E-state index contributed by atoms with van der Waals surface area (Å²) in [6.07, 6.45) is 1.53. The lowest BCUT2D eigenvalue weighted by Gasteiger charge is -2.26. The molecule has 0 fully saturated rings. The lowest BCUT2D eigenvalue weighted by atomic mass is 9.94. The van der Waals surface area contributed by atoms with Crippen molar-refractivity contribution < 1.29 is 13.2 Å². The molecule has 0 spiro atoms. The molecule has 0 aromatic heterocycles. The molecule has 1 aromatic rings. The highest BCUT2D eigenvalue weighted by molar-refractivity contribution is 7.89. The summed E-state index contributed by atoms with van der Waals surface area (Å²) < 4.78 is 26.6. The maximum Gasteiger partial charge on any atom is 0.251 e. The number of carbonyl (C=O) groups is 1. The fourth-order valence-electron chi connectivity index (χ4n) is 2.02. The summed E-state index contributed by atoms with van der Waals surface area (Å²) in [4.78, 5) is 12.3. The van der Waals surface area contributed by atoms with Crippen molar-refractivity contribution in [1.82, 2.24) is 10.0 Å². The molecule has 0 aliphatic rings. The minimum absolute atomic E-state index is 0.137. The number of nitrogens with two attached hydrogens (primary N) is 1. The van der Waals surface area contributed by atoms with E-state index in [-0.39, 0.29) is 16.8 Å². The molecule has 0 unspecified atom stereocenters. The molecule has 0 saturated heterocycles. The first kappa shape index (κ1) is 19.6. The average Bonchev–Trinajstić information content (AvgIpc) is 2.51. The summed E-state index contributed by atoms with van der Waals surface area (Å²) >= 11 is 0. The van der Waals surface area contributed by atoms with Crippen LogP contribution in [0.5, 0.6) is 0 Å². The Bertz CT molecular complexity index is 620. The van der Waals surface area contributed by atoms with Crippen molar-refractivity contribution in [2.24, 2.45) is 5.73 Å². The van der Waals surface area contributed by atoms with E-state index in [0.29, 0.717) is 12.1 Å². The van der Waals surface area contributed by atoms with E-state index in [1.54, 1.807) is 13.8 Å². The van der Waals surface area contributed by atoms with Crippen molar-refractivity contribution in [3.05, 3.63) is 29.8 Å². The number of hydrogen-bond acceptors (Lipinski definition) is 4. The zero-order valence-electron chi connectivity index (χ0n) is 14.2. The Kier molecular flexibility index (Phi) is 6.73. The molecule has 0 atom stereocenters. The molecule has 0 bridgehead atoms. The number of nitrogens with one attached hydrogen (secondary N) is 2. The van der Waals surface area contributed by atoms with Crippen molar-refractivity contribution in [2.75, 3.05) is 6.54 Å². The lowest BCUT2D eigenvalue weighted by molar-refractivity contribution is 0.0942. The molecule has 4 N–H and O–H groups in total. The van der Waals surface area contributed by atoms with Crippen LogP contribution in [-0.2, 0) is 10.0 Å². The van der Waals surface area contributed by atoms with Crippen LogP contribution in [0.15, 0.2) is 29.2 Å². The summed E-state index contributed by atoms with van der Waals surface area (Å²) in [7, 11) is -3.55. The van der Waals surface area contributed by atoms with Gasteiger partial charge in [-0.15, -0.1) is 0 Å². The monoisotopic (exact) mass is 341 g/mol. The summed E-state index contributed by atoms with van der Waals surface area (Å²) in [6, 6.07) is 5.66. The van der Waals surface area contributed by atoms with Gasteiger partial charge in [0, 0.05) is 23.7 Å². The van der Waals surface area contributed by atoms with E-state index in [1.165, 1.54) is 24.3 Å². The van der Waals surface area contributed by atoms with Crippen molar-refractivity contribution in [1.29, 1.82) is 0 Å². The predicted molar refractivity (Wildman–Crippen MR) is 91.7 cm³/mol. The third-order valence-electron chi connectivity index (χ3n) is 3.83. The van der Waals surface area contributed by atoms with Gasteiger partial charge in [0.15, 0.2) is 0 Å². The summed E-state index contributed by atoms with van der Waals surface area (Å²) in [5, 5.41) is 2.80. The van der Waals surface area contributed by atoms with Gasteiger partial charge in [-0.25, -0.2) is 13.1 Å². The number of carbonyl (C=O) groups excluding carboxylic acids is 1. The minimum Gasteiger partial charge on any atom is -0.350 e. The van der Waals surface area contributed by atoms with Gasteiger partial charge in [0.1, 0.15) is 0 Å². The van der Waals surface area contributed by atoms with E-state index in [9.17, 15) is 13.2 Å². The normalized spacial score (nSPS) is 12.4. The molecule has 1 rings (SSSR count). The topological polar surface area (TPSA) is 101 Å². The quantitative estimate of drug-likeness (QED) is 0.669. The molecule has 0 saturated carbocycles. The Hall–Kier alpha value is -1.44. The maximum atomic E-state index is 12.1. The van der Waals surface area contributed by atoms with Crippen LogP contribution in [0.3, 0.4) is 0 Å². The molecule has 0 heterocycles. The van der Waals surface area contributed by atoms with Crippen LogP contribution in [0.2, 0.25) is 0 Å². The van der Waals surface area contributed by atoms with Crippen LogP contribution in [0, 0.1) is 0 Å². The van der Waals surface area contributed by atoms with Gasteiger partial charge in [-0.2, -0.15) is 0 Å². The van der Waals surface area contributed by atoms with Gasteiger partial charge < -0.3 is 11.1 Å². The van der Waals surface area contributed by atoms with Crippen LogP contribution in [0.4, 0.5) is 0 Å². The molecule has 7 heteroatoms. The highest BCUT2D eigenvalue weighted by Crippen LogP contribution is 2.13. The average molecular weight is 341 g/mol. The van der Waals surface area contributed by atoms with Crippen LogP contribution >= 0.6 is 0 Å². The van der Waals surface area contributed by atoms with Crippen molar-refractivity contribution in [3.63, 3.8) is 0 Å². The van der Waals surface area contributed by atoms with E-state index in [2.05, 4.69) is 10.0 Å². The molecule has 1 amide bonds. The Morgan fingerprint density at radius 1 is 1.17 bits per heavy atom. The maximum absolute atomic E-state index is 12.1. The van der Waals surface area contributed by atoms with Gasteiger partial charge in [0.25, 0.3) is 5.91 Å². The molecular weight excluding hydrogens is 314 g/mol. The van der Waals surface area contributed by atoms with Gasteiger partial charge in [-0.3, -0.25) is 4.79 Å². The zero-order valence-corrected chi connectivity index (χ0v) is 15.0. The molecule has 0 radical (unpaired) electrons. The molecule has 23 heavy (non-hydrogen) atoms. The first-order valence-corrected chi connectivity index (χ1v) is 9.31. The highest BCUT2D eigenvalue weighted by Gasteiger charge is 2.21. The highest BCUT2D eigenvalue weighted by atomic mass is 32.2. The Balaban J connectivity index is 2.79. The standard InChI is InChI=1S/C16H27N3O3S/c1-5-16(17,6-2)11-18-15(20)13-7-9-14(10-8-13)23(21,22)19-12(3)4/h7-10,12,19H,5-6,11,17H2,1-4H3,(H,18,20). The third-order valence-corrected chi connectivity index (χ3v) is 5.50. The van der Waals surface area contributed by atoms with Gasteiger partial charge in [0.05, 0.1) is 4.90 Å². The number of hydrogen-bond donors (Lipinski definition) is 3. The SMILES string of the molecule is CCC(N)(CC)CNC(=O)c1ccc(S(=O)(=O)NC(C)C)cc1. The molecule has 0 aliphatic heterocycles. The molecule has 0 aliphatic carbocycles. The van der Waals surface area contributed by atoms with E-state index in [4.69, 9.17) is 5.73 Å². The molecular formula is C16H27N3O3S. The third kappa shape index (κ3) is 5.60. The summed E-state index contributed by atoms with van der Waals surface area (Å²) in [5.41, 5.74) is 6.14. The fourth-order valence-corrected chi connectivity index (χ4v) is 3.27. The van der Waals surface area contributed by atoms with Crippen LogP contribution < -0.4 is 15.8 Å². The predicted octanol–water partition coefficient (Wildman–Crippen LogP) is 1.62. The van der Waals surface area contributed by atoms with Crippen molar-refractivity contribution in [3.8, 4) is 0 Å². The van der Waals surface area contributed by atoms with Gasteiger partial charge in [0.2, 0.25) is 10.0 Å². The second kappa shape index (κ2) is 7.90. The number of amides is 1. The second-order valence-corrected chi connectivity index (χ2v) is 7.77. The minimum atomic E-state index is -3.55. The van der Waals surface area contributed by atoms with Crippen LogP contribution in [0.1, 0.15) is 50.9 Å². The Morgan fingerprint density at radius 2 is 1.70 bits per heavy atom. The molecule has 1 aromatic carbocycles. The van der Waals surface area contributed by atoms with Gasteiger partial charge in [-0.05, 0) is 51.0 Å². The fraction of sp³-hybridized carbons (Fsp3) is 0.562. The van der Waals surface area contributed by atoms with Gasteiger partial charge in [-0.1, -0.05) is 13.8 Å². The number of benzene rings is 1. The zero-order chi connectivity index (χ0) is 17.7. The van der Waals surface area contributed by atoms with E-state index < -0.39 is 15.6 Å². The van der Waals surface area contributed by atoms with Crippen LogP contribution in [-0.4, -0.2) is 32.5 Å². The summed E-state index contributed by atoms with van der Waals surface area (Å²) in [6.45, 7) is 7.85. The largest absolute Gasteiger partial charge is 0.350 e. The van der Waals surface area contributed by atoms with Crippen molar-refractivity contribution in [2.45, 2.75) is 57.0 Å².